The first-order valence-electron chi connectivity index (χ1n) is 8.34. The maximum absolute atomic E-state index is 12.5. The minimum Gasteiger partial charge on any atom is -0.324 e. The first-order chi connectivity index (χ1) is 12.9. The molecule has 5 nitrogen and oxygen atoms in total. The van der Waals surface area contributed by atoms with Crippen LogP contribution in [-0.2, 0) is 4.79 Å². The molecule has 1 heterocycles. The van der Waals surface area contributed by atoms with Crippen LogP contribution < -0.4 is 10.6 Å². The molecule has 2 N–H and O–H groups in total. The number of rotatable bonds is 4. The fourth-order valence-electron chi connectivity index (χ4n) is 2.63. The molecule has 0 radical (unpaired) electrons. The number of carbonyl (C=O) groups excluding carboxylic acids is 2. The molecule has 3 aromatic rings. The molecule has 3 rings (SSSR count). The number of pyridine rings is 1. The zero-order chi connectivity index (χ0) is 19.4. The van der Waals surface area contributed by atoms with Crippen molar-refractivity contribution in [3.63, 3.8) is 0 Å². The summed E-state index contributed by atoms with van der Waals surface area (Å²) in [7, 11) is 0. The first kappa shape index (κ1) is 18.6. The molecule has 27 heavy (non-hydrogen) atoms. The highest BCUT2D eigenvalue weighted by Gasteiger charge is 2.11. The summed E-state index contributed by atoms with van der Waals surface area (Å²) in [6.07, 6.45) is 1.66. The molecule has 2 aromatic carbocycles. The summed E-state index contributed by atoms with van der Waals surface area (Å²) < 4.78 is 0. The summed E-state index contributed by atoms with van der Waals surface area (Å²) in [5.41, 5.74) is 4.18. The molecule has 0 saturated heterocycles. The molecule has 0 aliphatic heterocycles. The predicted octanol–water partition coefficient (Wildman–Crippen LogP) is 4.92. The van der Waals surface area contributed by atoms with Crippen molar-refractivity contribution in [3.8, 4) is 11.3 Å². The third-order valence-electron chi connectivity index (χ3n) is 3.99. The molecule has 1 aromatic heterocycles. The van der Waals surface area contributed by atoms with Crippen LogP contribution in [0, 0.1) is 6.92 Å². The van der Waals surface area contributed by atoms with Crippen LogP contribution in [0.15, 0.2) is 60.8 Å². The highest BCUT2D eigenvalue weighted by Crippen LogP contribution is 2.26. The van der Waals surface area contributed by atoms with E-state index in [1.165, 1.54) is 6.92 Å². The van der Waals surface area contributed by atoms with Gasteiger partial charge in [-0.2, -0.15) is 0 Å². The van der Waals surface area contributed by atoms with Gasteiger partial charge in [0.15, 0.2) is 0 Å². The fourth-order valence-corrected chi connectivity index (χ4v) is 2.80. The average Bonchev–Trinajstić information content (AvgIpc) is 2.65. The molecule has 0 spiro atoms. The number of carbonyl (C=O) groups is 2. The molecule has 136 valence electrons. The number of benzene rings is 2. The van der Waals surface area contributed by atoms with Gasteiger partial charge in [-0.1, -0.05) is 29.8 Å². The van der Waals surface area contributed by atoms with Crippen LogP contribution in [0.1, 0.15) is 22.8 Å². The van der Waals surface area contributed by atoms with Crippen molar-refractivity contribution in [2.24, 2.45) is 0 Å². The summed E-state index contributed by atoms with van der Waals surface area (Å²) in [4.78, 5) is 28.2. The number of aryl methyl sites for hydroxylation is 1. The van der Waals surface area contributed by atoms with E-state index in [9.17, 15) is 9.59 Å². The SMILES string of the molecule is CC(=O)Nc1cccnc1-c1ccc(C(=O)Nc2cc(Cl)ccc2C)cc1. The summed E-state index contributed by atoms with van der Waals surface area (Å²) in [5, 5.41) is 6.19. The van der Waals surface area contributed by atoms with E-state index in [2.05, 4.69) is 15.6 Å². The van der Waals surface area contributed by atoms with Gasteiger partial charge < -0.3 is 10.6 Å². The molecule has 2 amide bonds. The molecule has 0 fully saturated rings. The van der Waals surface area contributed by atoms with Gasteiger partial charge in [0.2, 0.25) is 5.91 Å². The number of aromatic nitrogens is 1. The van der Waals surface area contributed by atoms with Gasteiger partial charge in [-0.05, 0) is 48.9 Å². The van der Waals surface area contributed by atoms with E-state index >= 15 is 0 Å². The lowest BCUT2D eigenvalue weighted by atomic mass is 10.1. The van der Waals surface area contributed by atoms with E-state index < -0.39 is 0 Å². The van der Waals surface area contributed by atoms with Gasteiger partial charge in [-0.3, -0.25) is 14.6 Å². The molecular formula is C21H18ClN3O2. The molecule has 0 aliphatic carbocycles. The monoisotopic (exact) mass is 379 g/mol. The smallest absolute Gasteiger partial charge is 0.255 e. The summed E-state index contributed by atoms with van der Waals surface area (Å²) in [6.45, 7) is 3.35. The van der Waals surface area contributed by atoms with Crippen LogP contribution in [0.3, 0.4) is 0 Å². The number of halogens is 1. The van der Waals surface area contributed by atoms with Crippen molar-refractivity contribution in [1.29, 1.82) is 0 Å². The predicted molar refractivity (Wildman–Crippen MR) is 108 cm³/mol. The van der Waals surface area contributed by atoms with Crippen LogP contribution in [-0.4, -0.2) is 16.8 Å². The van der Waals surface area contributed by atoms with Crippen LogP contribution in [0.5, 0.6) is 0 Å². The lowest BCUT2D eigenvalue weighted by molar-refractivity contribution is -0.114. The Morgan fingerprint density at radius 1 is 0.963 bits per heavy atom. The van der Waals surface area contributed by atoms with E-state index in [0.29, 0.717) is 27.7 Å². The molecule has 0 unspecified atom stereocenters. The van der Waals surface area contributed by atoms with Crippen LogP contribution in [0.2, 0.25) is 5.02 Å². The van der Waals surface area contributed by atoms with Crippen LogP contribution >= 0.6 is 11.6 Å². The zero-order valence-corrected chi connectivity index (χ0v) is 15.7. The number of amides is 2. The quantitative estimate of drug-likeness (QED) is 0.675. The lowest BCUT2D eigenvalue weighted by Gasteiger charge is -2.11. The second-order valence-corrected chi connectivity index (χ2v) is 6.51. The van der Waals surface area contributed by atoms with Gasteiger partial charge in [0.1, 0.15) is 0 Å². The normalized spacial score (nSPS) is 10.3. The van der Waals surface area contributed by atoms with Crippen molar-refractivity contribution < 1.29 is 9.59 Å². The number of anilines is 2. The summed E-state index contributed by atoms with van der Waals surface area (Å²) in [5.74, 6) is -0.396. The van der Waals surface area contributed by atoms with E-state index in [0.717, 1.165) is 11.1 Å². The van der Waals surface area contributed by atoms with Crippen LogP contribution in [0.25, 0.3) is 11.3 Å². The molecular weight excluding hydrogens is 362 g/mol. The van der Waals surface area contributed by atoms with E-state index in [1.807, 2.05) is 13.0 Å². The highest BCUT2D eigenvalue weighted by atomic mass is 35.5. The maximum Gasteiger partial charge on any atom is 0.255 e. The van der Waals surface area contributed by atoms with Gasteiger partial charge >= 0.3 is 0 Å². The van der Waals surface area contributed by atoms with Gasteiger partial charge in [0.25, 0.3) is 5.91 Å². The molecule has 6 heteroatoms. The van der Waals surface area contributed by atoms with Gasteiger partial charge in [-0.15, -0.1) is 0 Å². The van der Waals surface area contributed by atoms with E-state index in [4.69, 9.17) is 11.6 Å². The maximum atomic E-state index is 12.5. The second-order valence-electron chi connectivity index (χ2n) is 6.07. The van der Waals surface area contributed by atoms with Crippen LogP contribution in [0.4, 0.5) is 11.4 Å². The average molecular weight is 380 g/mol. The molecule has 0 bridgehead atoms. The topological polar surface area (TPSA) is 71.1 Å². The Balaban J connectivity index is 1.82. The summed E-state index contributed by atoms with van der Waals surface area (Å²) >= 11 is 6.00. The van der Waals surface area contributed by atoms with Crippen molar-refractivity contribution >= 4 is 34.8 Å². The largest absolute Gasteiger partial charge is 0.324 e. The minimum absolute atomic E-state index is 0.169. The Morgan fingerprint density at radius 2 is 1.70 bits per heavy atom. The van der Waals surface area contributed by atoms with Crippen molar-refractivity contribution in [1.82, 2.24) is 4.98 Å². The number of hydrogen-bond acceptors (Lipinski definition) is 3. The Labute approximate surface area is 162 Å². The number of nitrogens with zero attached hydrogens (tertiary/aromatic N) is 1. The van der Waals surface area contributed by atoms with Gasteiger partial charge in [0.05, 0.1) is 11.4 Å². The van der Waals surface area contributed by atoms with Gasteiger partial charge in [-0.25, -0.2) is 0 Å². The Bertz CT molecular complexity index is 1000. The van der Waals surface area contributed by atoms with E-state index in [-0.39, 0.29) is 11.8 Å². The molecule has 0 aliphatic rings. The van der Waals surface area contributed by atoms with E-state index in [1.54, 1.807) is 54.7 Å². The minimum atomic E-state index is -0.227. The number of hydrogen-bond donors (Lipinski definition) is 2. The van der Waals surface area contributed by atoms with Crippen molar-refractivity contribution in [2.45, 2.75) is 13.8 Å². The zero-order valence-electron chi connectivity index (χ0n) is 14.9. The summed E-state index contributed by atoms with van der Waals surface area (Å²) in [6, 6.07) is 15.9. The van der Waals surface area contributed by atoms with Crippen molar-refractivity contribution in [3.05, 3.63) is 76.9 Å². The number of nitrogens with one attached hydrogen (secondary N) is 2. The molecule has 0 saturated carbocycles. The highest BCUT2D eigenvalue weighted by molar-refractivity contribution is 6.31. The fraction of sp³-hybridized carbons (Fsp3) is 0.0952. The lowest BCUT2D eigenvalue weighted by Crippen LogP contribution is -2.12. The Morgan fingerprint density at radius 3 is 2.41 bits per heavy atom. The standard InChI is InChI=1S/C21H18ClN3O2/c1-13-5-10-17(22)12-19(13)25-21(27)16-8-6-15(7-9-16)20-18(24-14(2)26)4-3-11-23-20/h3-12H,1-2H3,(H,24,26)(H,25,27). The first-order valence-corrected chi connectivity index (χ1v) is 8.72. The third kappa shape index (κ3) is 4.51. The third-order valence-corrected chi connectivity index (χ3v) is 4.22. The Kier molecular flexibility index (Phi) is 5.52. The second kappa shape index (κ2) is 8.01. The van der Waals surface area contributed by atoms with Gasteiger partial charge in [0, 0.05) is 35.0 Å². The molecule has 0 atom stereocenters. The van der Waals surface area contributed by atoms with Crippen molar-refractivity contribution in [2.75, 3.05) is 10.6 Å². The Hall–Kier alpha value is -3.18.